The lowest BCUT2D eigenvalue weighted by molar-refractivity contribution is -0.140. The number of carbonyl (C=O) groups excluding carboxylic acids is 3. The van der Waals surface area contributed by atoms with Crippen LogP contribution in [0.4, 0.5) is 16.0 Å². The number of aromatic nitrogens is 15. The van der Waals surface area contributed by atoms with Crippen LogP contribution in [0, 0.1) is 41.9 Å². The molecule has 0 aliphatic heterocycles. The van der Waals surface area contributed by atoms with Crippen LogP contribution in [0.25, 0.3) is 33.1 Å². The maximum Gasteiger partial charge on any atom is 0.302 e. The topological polar surface area (TPSA) is 368 Å². The lowest BCUT2D eigenvalue weighted by atomic mass is 10.2. The molecular weight excluding hydrogens is 1800 g/mol. The van der Waals surface area contributed by atoms with Crippen molar-refractivity contribution in [3.05, 3.63) is 130 Å². The van der Waals surface area contributed by atoms with E-state index in [1.807, 2.05) is 22.6 Å². The SMILES string of the molecule is C.C.C#CCO.CCC.CCOC(C)=O.CN(C)C(=O)c1cc2cnc(Cl)nc2n1C1CCCC1.Clc1ncc(Br)c(Cl)n1.Clc1ncc(Br)c(NC2CCCC2)n1.N#CC(=O)c1cc2cnc(Cl)nc2n1C1CCCC1.NC1[CH+]CCC1.OCC#Cc1cnc(Cl)nc1NC1CCCC1.OCc1cc2cnc(Cl)nc2n1C1CCCC1.[2H]CF. The Morgan fingerprint density at radius 3 is 1.37 bits per heavy atom. The smallest absolute Gasteiger partial charge is 0.302 e. The first kappa shape index (κ1) is 104. The lowest BCUT2D eigenvalue weighted by Gasteiger charge is -2.18. The minimum atomic E-state index is -1.00. The molecule has 6 aliphatic rings. The van der Waals surface area contributed by atoms with Crippen molar-refractivity contribution in [2.45, 2.75) is 240 Å². The van der Waals surface area contributed by atoms with E-state index in [0.29, 0.717) is 74.9 Å². The standard InChI is InChI=1S/C14H17ClN4O.C13H11ClN4O.2C12H14ClN3O.C9H11BrClN3.C5H10N.C4HBrCl2N2.C4H8O2.C3H4O.C3H8.CH3F.2CH4/c1-18(2)13(20)11-7-9-8-16-14(15)17-12(9)19(11)10-5-3-4-6-10;14-13-16-7-8-5-10(11(19)6-15)18(12(8)17-13)9-3-1-2-4-9;13-12-14-6-8-5-10(7-17)16(11(8)15-12)9-3-1-2-4-9;13-12-14-8-9(4-3-7-17)11(16-12)15-10-5-1-2-6-10;10-7-5-12-9(11)14-8(7)13-6-3-1-2-4-6;6-5-3-1-2-4-5;5-2-1-8-4(7)9-3(2)6;1-3-6-4(2)5;1-2-3-4;1-3-2;1-2;;/h7-8,10H,3-6H2,1-2H3;5,7,9H,1-4H2;5-6,9,17H,1-4,7H2;8,10,17H,1-2,5-7H2,(H,14,15,16);5-6H,1-4H2,(H,12,13,14);3,5H,1-2,4,6H2;1H;3H2,1-2H3;1,4H,3H2;3H2,1-2H3;1H3;2*1H4/q;;;;;+1;;;;;;;/i;;;;;;;;;;1D;;. The number of nitrogens with two attached hydrogens (primary N) is 1. The number of ketones is 1. The van der Waals surface area contributed by atoms with Crippen molar-refractivity contribution >= 4 is 175 Å². The van der Waals surface area contributed by atoms with Gasteiger partial charge in [-0.3, -0.25) is 24.5 Å². The second-order valence-corrected chi connectivity index (χ2v) is 31.3. The number of carbonyl (C=O) groups is 3. The average Bonchev–Trinajstić information content (AvgIpc) is 1.58. The molecule has 7 N–H and O–H groups in total. The quantitative estimate of drug-likeness (QED) is 0.0133. The van der Waals surface area contributed by atoms with E-state index in [-0.39, 0.29) is 84.3 Å². The molecule has 0 radical (unpaired) electrons. The van der Waals surface area contributed by atoms with Gasteiger partial charge >= 0.3 is 5.97 Å². The molecule has 648 valence electrons. The van der Waals surface area contributed by atoms with E-state index in [4.69, 9.17) is 104 Å². The number of hydrogen-bond acceptors (Lipinski definition) is 23. The minimum Gasteiger partial charge on any atom is -0.466 e. The average molecular weight is 1910 g/mol. The number of anilines is 2. The molecule has 6 aliphatic carbocycles. The molecule has 1 atom stereocenters. The fourth-order valence-corrected chi connectivity index (χ4v) is 14.9. The Morgan fingerprint density at radius 2 is 0.992 bits per heavy atom. The molecule has 0 spiro atoms. The number of fused-ring (bicyclic) bond motifs is 3. The molecule has 1 unspecified atom stereocenters. The number of aliphatic hydroxyl groups is 3. The number of halogens is 10. The normalized spacial score (nSPS) is 15.1. The summed E-state index contributed by atoms with van der Waals surface area (Å²) in [5, 5.41) is 45.5. The van der Waals surface area contributed by atoms with Crippen LogP contribution in [-0.2, 0) is 16.1 Å². The van der Waals surface area contributed by atoms with Crippen molar-refractivity contribution in [2.24, 2.45) is 5.73 Å². The van der Waals surface area contributed by atoms with Gasteiger partial charge in [0.05, 0.1) is 49.1 Å². The molecule has 27 nitrogen and oxygen atoms in total. The summed E-state index contributed by atoms with van der Waals surface area (Å²) >= 11 is 46.5. The fourth-order valence-electron chi connectivity index (χ4n) is 13.4. The maximum absolute atomic E-state index is 12.4. The van der Waals surface area contributed by atoms with Gasteiger partial charge in [0.2, 0.25) is 31.7 Å². The highest BCUT2D eigenvalue weighted by atomic mass is 79.9. The number of nitrogens with zero attached hydrogens (tertiary/aromatic N) is 17. The number of amides is 1. The van der Waals surface area contributed by atoms with Crippen molar-refractivity contribution in [1.29, 1.82) is 5.26 Å². The second-order valence-electron chi connectivity index (χ2n) is 27.2. The van der Waals surface area contributed by atoms with Gasteiger partial charge in [-0.15, -0.1) is 6.42 Å². The van der Waals surface area contributed by atoms with Crippen LogP contribution in [0.3, 0.4) is 0 Å². The van der Waals surface area contributed by atoms with Crippen LogP contribution >= 0.6 is 113 Å². The van der Waals surface area contributed by atoms with Crippen molar-refractivity contribution in [2.75, 3.05) is 51.7 Å². The largest absolute Gasteiger partial charge is 0.466 e. The number of esters is 1. The Kier molecular flexibility index (Phi) is 50.4. The van der Waals surface area contributed by atoms with Crippen LogP contribution in [0.15, 0.2) is 64.3 Å². The number of nitriles is 1. The van der Waals surface area contributed by atoms with Gasteiger partial charge in [-0.1, -0.05) is 129 Å². The molecular formula is C82H109Br2Cl7FN20O7+. The van der Waals surface area contributed by atoms with E-state index in [0.717, 1.165) is 108 Å². The Bertz CT molecular complexity index is 4750. The van der Waals surface area contributed by atoms with Gasteiger partial charge in [-0.05, 0) is 197 Å². The monoisotopic (exact) mass is 1910 g/mol. The third-order valence-electron chi connectivity index (χ3n) is 18.4. The van der Waals surface area contributed by atoms with Gasteiger partial charge in [-0.25, -0.2) is 34.9 Å². The maximum atomic E-state index is 12.4. The fraction of sp³-hybridized carbons (Fsp3) is 0.524. The molecule has 15 rings (SSSR count). The highest BCUT2D eigenvalue weighted by molar-refractivity contribution is 9.11. The first-order valence-corrected chi connectivity index (χ1v) is 42.6. The van der Waals surface area contributed by atoms with Crippen molar-refractivity contribution < 1.29 is 40.2 Å². The van der Waals surface area contributed by atoms with E-state index >= 15 is 0 Å². The van der Waals surface area contributed by atoms with E-state index in [2.05, 4.69) is 155 Å². The number of nitrogens with one attached hydrogen (secondary N) is 2. The Morgan fingerprint density at radius 1 is 0.605 bits per heavy atom. The van der Waals surface area contributed by atoms with Crippen LogP contribution in [0.5, 0.6) is 0 Å². The second kappa shape index (κ2) is 57.8. The Hall–Kier alpha value is -7.45. The van der Waals surface area contributed by atoms with Gasteiger partial charge in [0.15, 0.2) is 0 Å². The molecule has 37 heteroatoms. The van der Waals surface area contributed by atoms with Gasteiger partial charge in [-0.2, -0.15) is 30.2 Å². The first-order chi connectivity index (χ1) is 56.7. The molecule has 0 bridgehead atoms. The Labute approximate surface area is 751 Å². The van der Waals surface area contributed by atoms with Gasteiger partial charge in [0, 0.05) is 117 Å². The number of hydrogen-bond donors (Lipinski definition) is 6. The summed E-state index contributed by atoms with van der Waals surface area (Å²) in [7, 11) is 2.52. The summed E-state index contributed by atoms with van der Waals surface area (Å²) in [5.41, 5.74) is 10.4. The van der Waals surface area contributed by atoms with Crippen LogP contribution < -0.4 is 16.4 Å². The van der Waals surface area contributed by atoms with Gasteiger partial charge < -0.3 is 49.3 Å². The number of rotatable bonds is 11. The van der Waals surface area contributed by atoms with E-state index in [9.17, 15) is 23.9 Å². The van der Waals surface area contributed by atoms with E-state index in [1.54, 1.807) is 69.0 Å². The van der Waals surface area contributed by atoms with Crippen molar-refractivity contribution in [1.82, 2.24) is 78.4 Å². The number of ether oxygens (including phenoxy) is 1. The third-order valence-corrected chi connectivity index (χ3v) is 21.2. The first-order valence-electron chi connectivity index (χ1n) is 39.1. The summed E-state index contributed by atoms with van der Waals surface area (Å²) < 4.78 is 27.5. The van der Waals surface area contributed by atoms with Crippen LogP contribution in [-0.4, -0.2) is 171 Å². The summed E-state index contributed by atoms with van der Waals surface area (Å²) in [4.78, 5) is 83.7. The highest BCUT2D eigenvalue weighted by Crippen LogP contribution is 2.38. The van der Waals surface area contributed by atoms with Gasteiger partial charge in [0.1, 0.15) is 70.4 Å². The summed E-state index contributed by atoms with van der Waals surface area (Å²) in [6.45, 7) is 7.61. The predicted molar refractivity (Wildman–Crippen MR) is 482 cm³/mol. The number of alkyl halides is 1. The van der Waals surface area contributed by atoms with E-state index in [1.165, 1.54) is 103 Å². The summed E-state index contributed by atoms with van der Waals surface area (Å²) in [6.07, 6.45) is 44.9. The molecule has 0 aromatic carbocycles. The minimum absolute atomic E-state index is 0. The molecule has 119 heavy (non-hydrogen) atoms. The zero-order chi connectivity index (χ0) is 86.6. The zero-order valence-corrected chi connectivity index (χ0v) is 74.7. The third kappa shape index (κ3) is 35.1. The van der Waals surface area contributed by atoms with E-state index < -0.39 is 12.9 Å². The van der Waals surface area contributed by atoms with Crippen LogP contribution in [0.1, 0.15) is 248 Å². The predicted octanol–water partition coefficient (Wildman–Crippen LogP) is 20.3. The molecule has 1 amide bonds. The summed E-state index contributed by atoms with van der Waals surface area (Å²) in [6, 6.07) is 9.57. The number of aliphatic hydroxyl groups excluding tert-OH is 3. The molecule has 6 fully saturated rings. The molecule has 9 aromatic heterocycles. The Balaban J connectivity index is 0.000000356. The number of terminal acetylenes is 1. The van der Waals surface area contributed by atoms with Crippen molar-refractivity contribution in [3.8, 4) is 30.3 Å². The van der Waals surface area contributed by atoms with Gasteiger partial charge in [0.25, 0.3) is 11.7 Å². The molecule has 9 aromatic rings. The lowest BCUT2D eigenvalue weighted by Crippen LogP contribution is -2.25. The number of Topliss-reactive ketones (excluding diaryl/α,β-unsaturated/α-hetero) is 1. The van der Waals surface area contributed by atoms with Crippen LogP contribution in [0.2, 0.25) is 36.9 Å². The zero-order valence-electron chi connectivity index (χ0n) is 67.3. The summed E-state index contributed by atoms with van der Waals surface area (Å²) in [5.74, 6) is 8.10. The molecule has 0 saturated heterocycles. The molecule has 6 saturated carbocycles. The highest BCUT2D eigenvalue weighted by Gasteiger charge is 2.29. The molecule has 9 heterocycles. The van der Waals surface area contributed by atoms with Crippen molar-refractivity contribution in [3.63, 3.8) is 0 Å².